The van der Waals surface area contributed by atoms with Gasteiger partial charge in [-0.3, -0.25) is 4.79 Å². The SMILES string of the molecule is Cl.O=C(c1ccccc1C(F)(F)F)N1CCNCC12CC2. The molecule has 3 nitrogen and oxygen atoms in total. The van der Waals surface area contributed by atoms with Gasteiger partial charge in [0.05, 0.1) is 16.7 Å². The van der Waals surface area contributed by atoms with Crippen LogP contribution in [0.4, 0.5) is 13.2 Å². The van der Waals surface area contributed by atoms with Gasteiger partial charge in [-0.05, 0) is 25.0 Å². The zero-order valence-electron chi connectivity index (χ0n) is 11.2. The lowest BCUT2D eigenvalue weighted by molar-refractivity contribution is -0.138. The predicted molar refractivity (Wildman–Crippen MR) is 74.6 cm³/mol. The number of hydrogen-bond donors (Lipinski definition) is 1. The first kappa shape index (κ1) is 16.1. The van der Waals surface area contributed by atoms with E-state index in [9.17, 15) is 18.0 Å². The maximum absolute atomic E-state index is 13.0. The van der Waals surface area contributed by atoms with Crippen LogP contribution in [0.5, 0.6) is 0 Å². The molecule has 1 aromatic carbocycles. The molecule has 1 heterocycles. The smallest absolute Gasteiger partial charge is 0.330 e. The van der Waals surface area contributed by atoms with Gasteiger partial charge in [0.15, 0.2) is 0 Å². The average molecular weight is 321 g/mol. The second-order valence-corrected chi connectivity index (χ2v) is 5.40. The first-order valence-corrected chi connectivity index (χ1v) is 6.63. The number of alkyl halides is 3. The summed E-state index contributed by atoms with van der Waals surface area (Å²) >= 11 is 0. The number of piperazine rings is 1. The minimum Gasteiger partial charge on any atom is -0.330 e. The van der Waals surface area contributed by atoms with Gasteiger partial charge in [-0.25, -0.2) is 0 Å². The van der Waals surface area contributed by atoms with Gasteiger partial charge in [0, 0.05) is 19.6 Å². The lowest BCUT2D eigenvalue weighted by Gasteiger charge is -2.37. The van der Waals surface area contributed by atoms with E-state index in [1.807, 2.05) is 0 Å². The number of nitrogens with one attached hydrogen (secondary N) is 1. The molecular formula is C14H16ClF3N2O. The standard InChI is InChI=1S/C14H15F3N2O.ClH/c15-14(16,17)11-4-2-1-3-10(11)12(20)19-8-7-18-9-13(19)5-6-13;/h1-4,18H,5-9H2;1H. The van der Waals surface area contributed by atoms with E-state index in [1.54, 1.807) is 4.90 Å². The van der Waals surface area contributed by atoms with Crippen molar-refractivity contribution in [3.05, 3.63) is 35.4 Å². The van der Waals surface area contributed by atoms with Crippen LogP contribution in [0.3, 0.4) is 0 Å². The fourth-order valence-corrected chi connectivity index (χ4v) is 2.81. The number of nitrogens with zero attached hydrogens (tertiary/aromatic N) is 1. The quantitative estimate of drug-likeness (QED) is 0.863. The second kappa shape index (κ2) is 5.50. The van der Waals surface area contributed by atoms with E-state index in [4.69, 9.17) is 0 Å². The van der Waals surface area contributed by atoms with Crippen molar-refractivity contribution in [2.45, 2.75) is 24.6 Å². The molecule has 2 fully saturated rings. The van der Waals surface area contributed by atoms with Crippen molar-refractivity contribution in [3.63, 3.8) is 0 Å². The first-order valence-electron chi connectivity index (χ1n) is 6.63. The number of amides is 1. The predicted octanol–water partition coefficient (Wildman–Crippen LogP) is 2.71. The normalized spacial score (nSPS) is 20.0. The molecular weight excluding hydrogens is 305 g/mol. The van der Waals surface area contributed by atoms with E-state index in [1.165, 1.54) is 18.2 Å². The first-order chi connectivity index (χ1) is 9.44. The maximum Gasteiger partial charge on any atom is 0.417 e. The van der Waals surface area contributed by atoms with Gasteiger partial charge in [-0.1, -0.05) is 12.1 Å². The third-order valence-corrected chi connectivity index (χ3v) is 4.07. The summed E-state index contributed by atoms with van der Waals surface area (Å²) in [4.78, 5) is 14.1. The summed E-state index contributed by atoms with van der Waals surface area (Å²) in [5.74, 6) is -0.503. The Bertz CT molecular complexity index is 543. The minimum absolute atomic E-state index is 0. The Labute approximate surface area is 126 Å². The minimum atomic E-state index is -4.50. The molecule has 116 valence electrons. The van der Waals surface area contributed by atoms with Gasteiger partial charge in [0.1, 0.15) is 0 Å². The van der Waals surface area contributed by atoms with E-state index in [-0.39, 0.29) is 23.5 Å². The Morgan fingerprint density at radius 3 is 2.52 bits per heavy atom. The van der Waals surface area contributed by atoms with Crippen LogP contribution >= 0.6 is 12.4 Å². The summed E-state index contributed by atoms with van der Waals surface area (Å²) in [6.07, 6.45) is -2.78. The Kier molecular flexibility index (Phi) is 4.22. The highest BCUT2D eigenvalue weighted by Crippen LogP contribution is 2.43. The molecule has 1 amide bonds. The van der Waals surface area contributed by atoms with Gasteiger partial charge in [0.2, 0.25) is 0 Å². The number of hydrogen-bond acceptors (Lipinski definition) is 2. The van der Waals surface area contributed by atoms with Crippen LogP contribution in [-0.4, -0.2) is 36.0 Å². The summed E-state index contributed by atoms with van der Waals surface area (Å²) in [5, 5.41) is 3.20. The highest BCUT2D eigenvalue weighted by molar-refractivity contribution is 5.96. The molecule has 0 radical (unpaired) electrons. The Morgan fingerprint density at radius 2 is 1.90 bits per heavy atom. The molecule has 0 aromatic heterocycles. The van der Waals surface area contributed by atoms with Crippen LogP contribution in [0.1, 0.15) is 28.8 Å². The zero-order chi connectivity index (χ0) is 14.4. The second-order valence-electron chi connectivity index (χ2n) is 5.40. The van der Waals surface area contributed by atoms with Crippen LogP contribution in [-0.2, 0) is 6.18 Å². The number of benzene rings is 1. The van der Waals surface area contributed by atoms with E-state index in [0.717, 1.165) is 18.9 Å². The van der Waals surface area contributed by atoms with Crippen molar-refractivity contribution in [1.82, 2.24) is 10.2 Å². The molecule has 3 rings (SSSR count). The topological polar surface area (TPSA) is 32.3 Å². The van der Waals surface area contributed by atoms with E-state index in [0.29, 0.717) is 19.6 Å². The van der Waals surface area contributed by atoms with Crippen molar-refractivity contribution >= 4 is 18.3 Å². The fraction of sp³-hybridized carbons (Fsp3) is 0.500. The molecule has 2 aliphatic rings. The van der Waals surface area contributed by atoms with Gasteiger partial charge in [-0.15, -0.1) is 12.4 Å². The Balaban J connectivity index is 0.00000161. The van der Waals surface area contributed by atoms with Crippen molar-refractivity contribution in [2.24, 2.45) is 0 Å². The summed E-state index contributed by atoms with van der Waals surface area (Å²) in [6.45, 7) is 1.76. The molecule has 21 heavy (non-hydrogen) atoms. The number of carbonyl (C=O) groups excluding carboxylic acids is 1. The van der Waals surface area contributed by atoms with Crippen molar-refractivity contribution < 1.29 is 18.0 Å². The Morgan fingerprint density at radius 1 is 1.24 bits per heavy atom. The number of rotatable bonds is 1. The van der Waals surface area contributed by atoms with Crippen LogP contribution < -0.4 is 5.32 Å². The molecule has 1 aliphatic carbocycles. The lowest BCUT2D eigenvalue weighted by atomic mass is 10.0. The highest BCUT2D eigenvalue weighted by Gasteiger charge is 2.52. The number of carbonyl (C=O) groups is 1. The Hall–Kier alpha value is -1.27. The maximum atomic E-state index is 13.0. The van der Waals surface area contributed by atoms with Crippen LogP contribution in [0.2, 0.25) is 0 Å². The summed E-state index contributed by atoms with van der Waals surface area (Å²) in [6, 6.07) is 5.02. The third-order valence-electron chi connectivity index (χ3n) is 4.07. The van der Waals surface area contributed by atoms with Crippen molar-refractivity contribution in [3.8, 4) is 0 Å². The van der Waals surface area contributed by atoms with Gasteiger partial charge < -0.3 is 10.2 Å². The summed E-state index contributed by atoms with van der Waals surface area (Å²) in [7, 11) is 0. The molecule has 0 bridgehead atoms. The summed E-state index contributed by atoms with van der Waals surface area (Å²) in [5.41, 5.74) is -1.35. The summed E-state index contributed by atoms with van der Waals surface area (Å²) < 4.78 is 39.0. The highest BCUT2D eigenvalue weighted by atomic mass is 35.5. The fourth-order valence-electron chi connectivity index (χ4n) is 2.81. The molecule has 1 aliphatic heterocycles. The van der Waals surface area contributed by atoms with E-state index >= 15 is 0 Å². The third kappa shape index (κ3) is 2.87. The molecule has 1 saturated carbocycles. The van der Waals surface area contributed by atoms with Crippen molar-refractivity contribution in [1.29, 1.82) is 0 Å². The molecule has 1 saturated heterocycles. The van der Waals surface area contributed by atoms with Crippen LogP contribution in [0, 0.1) is 0 Å². The monoisotopic (exact) mass is 320 g/mol. The molecule has 1 spiro atoms. The molecule has 7 heteroatoms. The van der Waals surface area contributed by atoms with Crippen LogP contribution in [0.25, 0.3) is 0 Å². The molecule has 1 N–H and O–H groups in total. The lowest BCUT2D eigenvalue weighted by Crippen LogP contribution is -2.55. The average Bonchev–Trinajstić information content (AvgIpc) is 3.18. The van der Waals surface area contributed by atoms with E-state index in [2.05, 4.69) is 5.32 Å². The van der Waals surface area contributed by atoms with Gasteiger partial charge in [0.25, 0.3) is 5.91 Å². The number of halogens is 4. The van der Waals surface area contributed by atoms with Gasteiger partial charge >= 0.3 is 6.18 Å². The van der Waals surface area contributed by atoms with Crippen LogP contribution in [0.15, 0.2) is 24.3 Å². The van der Waals surface area contributed by atoms with Crippen molar-refractivity contribution in [2.75, 3.05) is 19.6 Å². The molecule has 1 aromatic rings. The van der Waals surface area contributed by atoms with Gasteiger partial charge in [-0.2, -0.15) is 13.2 Å². The largest absolute Gasteiger partial charge is 0.417 e. The molecule has 0 atom stereocenters. The van der Waals surface area contributed by atoms with E-state index < -0.39 is 17.6 Å². The molecule has 0 unspecified atom stereocenters. The zero-order valence-corrected chi connectivity index (χ0v) is 12.1.